The third-order valence-corrected chi connectivity index (χ3v) is 7.74. The van der Waals surface area contributed by atoms with Gasteiger partial charge in [-0.3, -0.25) is 19.1 Å². The summed E-state index contributed by atoms with van der Waals surface area (Å²) in [7, 11) is 2.65. The number of allylic oxidation sites excluding steroid dienone is 1. The summed E-state index contributed by atoms with van der Waals surface area (Å²) in [6.07, 6.45) is 1.81. The molecule has 11 nitrogen and oxygen atoms in total. The fourth-order valence-electron chi connectivity index (χ4n) is 4.66. The van der Waals surface area contributed by atoms with E-state index in [-0.39, 0.29) is 17.7 Å². The maximum Gasteiger partial charge on any atom is 0.413 e. The van der Waals surface area contributed by atoms with Crippen LogP contribution >= 0.6 is 30.4 Å². The van der Waals surface area contributed by atoms with Gasteiger partial charge >= 0.3 is 6.09 Å². The van der Waals surface area contributed by atoms with E-state index in [4.69, 9.17) is 18.6 Å². The summed E-state index contributed by atoms with van der Waals surface area (Å²) in [5.74, 6) is -1.00. The quantitative estimate of drug-likeness (QED) is 0.0632. The van der Waals surface area contributed by atoms with E-state index >= 15 is 0 Å². The van der Waals surface area contributed by atoms with E-state index in [9.17, 15) is 19.5 Å². The lowest BCUT2D eigenvalue weighted by atomic mass is 9.87. The van der Waals surface area contributed by atoms with Crippen LogP contribution in [0.3, 0.4) is 0 Å². The second-order valence-corrected chi connectivity index (χ2v) is 11.3. The molecule has 1 atom stereocenters. The number of rotatable bonds is 16. The molecule has 0 spiro atoms. The lowest BCUT2D eigenvalue weighted by molar-refractivity contribution is -0.117. The van der Waals surface area contributed by atoms with Crippen molar-refractivity contribution in [2.75, 3.05) is 50.2 Å². The number of amides is 2. The predicted molar refractivity (Wildman–Crippen MR) is 182 cm³/mol. The Bertz CT molecular complexity index is 1380. The summed E-state index contributed by atoms with van der Waals surface area (Å²) >= 11 is 1.96. The molecule has 238 valence electrons. The maximum absolute atomic E-state index is 13.6. The van der Waals surface area contributed by atoms with Crippen LogP contribution in [0.5, 0.6) is 0 Å². The van der Waals surface area contributed by atoms with E-state index in [0.29, 0.717) is 55.2 Å². The molecule has 0 bridgehead atoms. The zero-order chi connectivity index (χ0) is 32.1. The van der Waals surface area contributed by atoms with Crippen molar-refractivity contribution in [3.8, 4) is 0 Å². The number of carbonyl (C=O) groups excluding carboxylic acids is 3. The molecule has 13 heteroatoms. The number of Topliss-reactive ketones (excluding diaryl/α,β-unsaturated/α-hetero) is 1. The number of benzene rings is 2. The molecular formula is C31H39IN4O7S. The summed E-state index contributed by atoms with van der Waals surface area (Å²) < 4.78 is 16.0. The molecule has 0 heterocycles. The third kappa shape index (κ3) is 9.51. The topological polar surface area (TPSA) is 139 Å². The van der Waals surface area contributed by atoms with Crippen LogP contribution in [-0.4, -0.2) is 74.8 Å². The largest absolute Gasteiger partial charge is 0.418 e. The highest BCUT2D eigenvalue weighted by Crippen LogP contribution is 2.32. The van der Waals surface area contributed by atoms with Crippen LogP contribution < -0.4 is 15.5 Å². The van der Waals surface area contributed by atoms with E-state index in [2.05, 4.69) is 10.6 Å². The van der Waals surface area contributed by atoms with Crippen molar-refractivity contribution < 1.29 is 33.1 Å². The lowest BCUT2D eigenvalue weighted by Crippen LogP contribution is -2.33. The number of nitrogens with one attached hydrogen (secondary N) is 2. The Kier molecular flexibility index (Phi) is 14.6. The van der Waals surface area contributed by atoms with E-state index in [1.54, 1.807) is 25.3 Å². The highest BCUT2D eigenvalue weighted by molar-refractivity contribution is 14.2. The number of methoxy groups -OCH3 is 1. The van der Waals surface area contributed by atoms with Crippen molar-refractivity contribution in [1.82, 2.24) is 5.32 Å². The summed E-state index contributed by atoms with van der Waals surface area (Å²) in [6, 6.07) is 10.6. The first-order valence-electron chi connectivity index (χ1n) is 14.4. The summed E-state index contributed by atoms with van der Waals surface area (Å²) in [5, 5.41) is 15.0. The summed E-state index contributed by atoms with van der Waals surface area (Å²) in [5.41, 5.74) is 3.59. The fourth-order valence-corrected chi connectivity index (χ4v) is 5.57. The first kappa shape index (κ1) is 35.5. The number of aliphatic hydroxyl groups is 1. The minimum atomic E-state index is -0.751. The van der Waals surface area contributed by atoms with Gasteiger partial charge < -0.3 is 24.8 Å². The minimum absolute atomic E-state index is 0.0310. The van der Waals surface area contributed by atoms with Gasteiger partial charge in [-0.25, -0.2) is 9.79 Å². The third-order valence-electron chi connectivity index (χ3n) is 6.83. The van der Waals surface area contributed by atoms with E-state index in [1.807, 2.05) is 65.1 Å². The SMILES string of the molecule is CCCC(OSI)OC(=O)Nc1cccc2c1/C(=N/c1ccc(N(CC)CCO)cc1C)C=C(C(=O)NCCCOC)C2=O. The number of hydrogen-bond acceptors (Lipinski definition) is 10. The first-order valence-corrected chi connectivity index (χ1v) is 17.7. The molecular weight excluding hydrogens is 699 g/mol. The van der Waals surface area contributed by atoms with Crippen molar-refractivity contribution in [2.24, 2.45) is 4.99 Å². The van der Waals surface area contributed by atoms with Crippen molar-refractivity contribution in [3.63, 3.8) is 0 Å². The fraction of sp³-hybridized carbons (Fsp3) is 0.419. The number of fused-ring (bicyclic) bond motifs is 1. The average molecular weight is 739 g/mol. The Morgan fingerprint density at radius 1 is 1.20 bits per heavy atom. The molecule has 44 heavy (non-hydrogen) atoms. The Hall–Kier alpha value is -2.98. The molecule has 0 saturated carbocycles. The Balaban J connectivity index is 2.06. The number of anilines is 2. The number of hydrogen-bond donors (Lipinski definition) is 3. The molecule has 1 aliphatic rings. The monoisotopic (exact) mass is 738 g/mol. The zero-order valence-electron chi connectivity index (χ0n) is 25.4. The molecule has 2 amide bonds. The van der Waals surface area contributed by atoms with Crippen LogP contribution in [0.15, 0.2) is 53.0 Å². The molecule has 0 fully saturated rings. The molecule has 3 N–H and O–H groups in total. The second kappa shape index (κ2) is 18.1. The smallest absolute Gasteiger partial charge is 0.413 e. The first-order chi connectivity index (χ1) is 21.3. The molecule has 0 aromatic heterocycles. The summed E-state index contributed by atoms with van der Waals surface area (Å²) in [4.78, 5) is 46.6. The van der Waals surface area contributed by atoms with Crippen LogP contribution in [0.25, 0.3) is 0 Å². The normalized spacial score (nSPS) is 14.1. The number of nitrogens with zero attached hydrogens (tertiary/aromatic N) is 2. The van der Waals surface area contributed by atoms with Crippen molar-refractivity contribution in [1.29, 1.82) is 0 Å². The predicted octanol–water partition coefficient (Wildman–Crippen LogP) is 5.90. The molecule has 3 rings (SSSR count). The van der Waals surface area contributed by atoms with Gasteiger partial charge in [0.15, 0.2) is 5.78 Å². The lowest BCUT2D eigenvalue weighted by Gasteiger charge is -2.23. The van der Waals surface area contributed by atoms with Crippen LogP contribution in [0, 0.1) is 6.92 Å². The van der Waals surface area contributed by atoms with Gasteiger partial charge in [-0.2, -0.15) is 0 Å². The van der Waals surface area contributed by atoms with Crippen LogP contribution in [0.4, 0.5) is 21.9 Å². The Labute approximate surface area is 274 Å². The van der Waals surface area contributed by atoms with Crippen LogP contribution in [0.2, 0.25) is 0 Å². The van der Waals surface area contributed by atoms with Gasteiger partial charge in [-0.15, -0.1) is 0 Å². The van der Waals surface area contributed by atoms with E-state index in [0.717, 1.165) is 33.4 Å². The molecule has 2 aromatic rings. The number of halogens is 1. The molecule has 0 saturated heterocycles. The summed E-state index contributed by atoms with van der Waals surface area (Å²) in [6.45, 7) is 7.94. The van der Waals surface area contributed by atoms with Gasteiger partial charge in [0.05, 0.1) is 38.5 Å². The van der Waals surface area contributed by atoms with Gasteiger partial charge in [0.2, 0.25) is 6.29 Å². The number of aliphatic imine (C=N–C) groups is 1. The number of aryl methyl sites for hydroxylation is 1. The van der Waals surface area contributed by atoms with Gasteiger partial charge in [-0.1, -0.05) is 25.5 Å². The number of ketones is 1. The van der Waals surface area contributed by atoms with Crippen LogP contribution in [0.1, 0.15) is 54.6 Å². The minimum Gasteiger partial charge on any atom is -0.418 e. The molecule has 1 unspecified atom stereocenters. The van der Waals surface area contributed by atoms with Crippen molar-refractivity contribution in [3.05, 3.63) is 64.7 Å². The Morgan fingerprint density at radius 2 is 2.00 bits per heavy atom. The van der Waals surface area contributed by atoms with Gasteiger partial charge in [-0.05, 0) is 56.2 Å². The molecule has 0 aliphatic heterocycles. The molecule has 1 aliphatic carbocycles. The van der Waals surface area contributed by atoms with Crippen molar-refractivity contribution >= 4 is 71.0 Å². The number of aliphatic hydroxyl groups excluding tert-OH is 1. The highest BCUT2D eigenvalue weighted by atomic mass is 127. The van der Waals surface area contributed by atoms with Crippen LogP contribution in [-0.2, 0) is 18.5 Å². The maximum atomic E-state index is 13.6. The molecule has 0 radical (unpaired) electrons. The second-order valence-electron chi connectivity index (χ2n) is 9.90. The molecule has 2 aromatic carbocycles. The zero-order valence-corrected chi connectivity index (χ0v) is 28.3. The van der Waals surface area contributed by atoms with Gasteiger partial charge in [0.1, 0.15) is 0 Å². The number of ether oxygens (including phenoxy) is 2. The van der Waals surface area contributed by atoms with E-state index in [1.165, 1.54) is 6.08 Å². The van der Waals surface area contributed by atoms with Crippen molar-refractivity contribution in [2.45, 2.75) is 46.3 Å². The average Bonchev–Trinajstić information content (AvgIpc) is 3.00. The number of carbonyl (C=O) groups is 3. The Morgan fingerprint density at radius 3 is 2.66 bits per heavy atom. The van der Waals surface area contributed by atoms with Gasteiger partial charge in [0, 0.05) is 77.8 Å². The van der Waals surface area contributed by atoms with E-state index < -0.39 is 24.1 Å². The highest BCUT2D eigenvalue weighted by Gasteiger charge is 2.31. The standard InChI is InChI=1S/C31H39IN4O7S/c1-5-9-27(43-44-32)42-31(40)35-25-11-7-10-22-28(25)26(19-23(29(22)38)30(39)33-14-8-17-41-4)34-24-13-12-21(18-20(24)3)36(6-2)15-16-37/h7,10-13,18-19,27,37H,5-6,8-9,14-17H2,1-4H3,(H,33,39)(H,35,40)/b34-26+. The number of likely N-dealkylation sites (N-methyl/N-ethyl adjacent to an activating group) is 1. The van der Waals surface area contributed by atoms with Gasteiger partial charge in [0.25, 0.3) is 5.91 Å².